The monoisotopic (exact) mass is 545 g/mol. The van der Waals surface area contributed by atoms with Crippen LogP contribution in [-0.4, -0.2) is 41.7 Å². The summed E-state index contributed by atoms with van der Waals surface area (Å²) in [4.78, 5) is 22.2. The first-order valence-corrected chi connectivity index (χ1v) is 14.2. The van der Waals surface area contributed by atoms with E-state index in [1.165, 1.54) is 16.9 Å². The van der Waals surface area contributed by atoms with E-state index in [1.54, 1.807) is 13.3 Å². The van der Waals surface area contributed by atoms with Crippen molar-refractivity contribution in [3.05, 3.63) is 59.1 Å². The Labute approximate surface area is 233 Å². The van der Waals surface area contributed by atoms with Crippen LogP contribution < -0.4 is 25.8 Å². The van der Waals surface area contributed by atoms with Gasteiger partial charge in [-0.3, -0.25) is 4.79 Å². The Hall–Kier alpha value is -3.69. The normalized spacial score (nSPS) is 17.4. The number of benzene rings is 2. The van der Waals surface area contributed by atoms with Crippen molar-refractivity contribution in [2.45, 2.75) is 58.1 Å². The van der Waals surface area contributed by atoms with Crippen LogP contribution in [0.5, 0.6) is 11.5 Å². The maximum Gasteiger partial charge on any atom is 0.259 e. The van der Waals surface area contributed by atoms with Crippen molar-refractivity contribution in [3.63, 3.8) is 0 Å². The van der Waals surface area contributed by atoms with E-state index < -0.39 is 5.91 Å². The van der Waals surface area contributed by atoms with Gasteiger partial charge in [0, 0.05) is 17.2 Å². The maximum atomic E-state index is 12.4. The zero-order valence-electron chi connectivity index (χ0n) is 22.8. The van der Waals surface area contributed by atoms with E-state index >= 15 is 0 Å². The highest BCUT2D eigenvalue weighted by Gasteiger charge is 2.24. The lowest BCUT2D eigenvalue weighted by atomic mass is 9.85. The van der Waals surface area contributed by atoms with Gasteiger partial charge in [-0.15, -0.1) is 11.3 Å². The molecule has 1 aliphatic rings. The summed E-state index contributed by atoms with van der Waals surface area (Å²) in [5, 5.41) is 6.97. The summed E-state index contributed by atoms with van der Waals surface area (Å²) in [6.45, 7) is 7.30. The largest absolute Gasteiger partial charge is 0.496 e. The third kappa shape index (κ3) is 5.69. The van der Waals surface area contributed by atoms with Crippen LogP contribution in [0, 0.1) is 0 Å². The molecule has 1 saturated heterocycles. The summed E-state index contributed by atoms with van der Waals surface area (Å²) in [6, 6.07) is 14.5. The number of piperidine rings is 1. The maximum absolute atomic E-state index is 12.4. The summed E-state index contributed by atoms with van der Waals surface area (Å²) in [5.41, 5.74) is 9.89. The van der Waals surface area contributed by atoms with Crippen molar-refractivity contribution in [2.24, 2.45) is 5.73 Å². The topological polar surface area (TPSA) is 111 Å². The number of anilines is 2. The number of fused-ring (bicyclic) bond motifs is 1. The molecule has 2 aromatic carbocycles. The van der Waals surface area contributed by atoms with Crippen LogP contribution in [-0.2, 0) is 0 Å². The third-order valence-corrected chi connectivity index (χ3v) is 8.23. The molecular weight excluding hydrogens is 510 g/mol. The molecule has 0 radical (unpaired) electrons. The summed E-state index contributed by atoms with van der Waals surface area (Å²) in [6.07, 6.45) is 5.08. The lowest BCUT2D eigenvalue weighted by Crippen LogP contribution is -2.36. The van der Waals surface area contributed by atoms with Crippen LogP contribution in [0.25, 0.3) is 21.3 Å². The molecule has 8 nitrogen and oxygen atoms in total. The van der Waals surface area contributed by atoms with Gasteiger partial charge in [0.2, 0.25) is 5.95 Å². The van der Waals surface area contributed by atoms with E-state index in [1.807, 2.05) is 44.2 Å². The fourth-order valence-electron chi connectivity index (χ4n) is 5.22. The number of carbonyl (C=O) groups excluding carboxylic acids is 1. The van der Waals surface area contributed by atoms with Gasteiger partial charge in [-0.1, -0.05) is 31.2 Å². The van der Waals surface area contributed by atoms with E-state index in [4.69, 9.17) is 20.2 Å². The van der Waals surface area contributed by atoms with Crippen molar-refractivity contribution < 1.29 is 14.3 Å². The van der Waals surface area contributed by atoms with Gasteiger partial charge in [0.15, 0.2) is 0 Å². The predicted octanol–water partition coefficient (Wildman–Crippen LogP) is 6.24. The number of thiophene rings is 1. The molecule has 1 aliphatic heterocycles. The lowest BCUT2D eigenvalue weighted by molar-refractivity contribution is 0.100. The Morgan fingerprint density at radius 2 is 2.05 bits per heavy atom. The average Bonchev–Trinajstić information content (AvgIpc) is 3.32. The minimum Gasteiger partial charge on any atom is -0.496 e. The molecule has 4 aromatic rings. The van der Waals surface area contributed by atoms with Crippen LogP contribution in [0.4, 0.5) is 11.6 Å². The molecule has 0 bridgehead atoms. The van der Waals surface area contributed by atoms with Crippen molar-refractivity contribution >= 4 is 39.1 Å². The molecular formula is C30H35N5O3S. The molecule has 1 amide bonds. The summed E-state index contributed by atoms with van der Waals surface area (Å²) in [7, 11) is 1.60. The number of nitrogens with two attached hydrogens (primary N) is 1. The molecule has 3 heterocycles. The second kappa shape index (κ2) is 11.6. The minimum atomic E-state index is -0.514. The van der Waals surface area contributed by atoms with Gasteiger partial charge in [-0.05, 0) is 69.3 Å². The Morgan fingerprint density at radius 1 is 1.23 bits per heavy atom. The number of aromatic nitrogens is 2. The van der Waals surface area contributed by atoms with Gasteiger partial charge in [0.05, 0.1) is 35.3 Å². The highest BCUT2D eigenvalue weighted by Crippen LogP contribution is 2.42. The van der Waals surface area contributed by atoms with Crippen molar-refractivity contribution in [1.82, 2.24) is 15.3 Å². The van der Waals surface area contributed by atoms with Gasteiger partial charge < -0.3 is 25.8 Å². The fourth-order valence-corrected chi connectivity index (χ4v) is 6.19. The molecule has 0 spiro atoms. The highest BCUT2D eigenvalue weighted by molar-refractivity contribution is 7.21. The van der Waals surface area contributed by atoms with E-state index in [-0.39, 0.29) is 6.10 Å². The Kier molecular flexibility index (Phi) is 7.99. The molecule has 204 valence electrons. The van der Waals surface area contributed by atoms with Crippen LogP contribution in [0.2, 0.25) is 0 Å². The van der Waals surface area contributed by atoms with E-state index in [0.717, 1.165) is 47.5 Å². The quantitative estimate of drug-likeness (QED) is 0.228. The third-order valence-electron chi connectivity index (χ3n) is 7.11. The van der Waals surface area contributed by atoms with E-state index in [2.05, 4.69) is 34.7 Å². The van der Waals surface area contributed by atoms with Gasteiger partial charge in [-0.2, -0.15) is 0 Å². The van der Waals surface area contributed by atoms with Crippen LogP contribution in [0.3, 0.4) is 0 Å². The van der Waals surface area contributed by atoms with Crippen molar-refractivity contribution in [2.75, 3.05) is 19.0 Å². The molecule has 0 saturated carbocycles. The summed E-state index contributed by atoms with van der Waals surface area (Å²) >= 11 is 1.28. The number of hydrogen-bond acceptors (Lipinski definition) is 8. The first kappa shape index (κ1) is 26.9. The Morgan fingerprint density at radius 3 is 2.79 bits per heavy atom. The van der Waals surface area contributed by atoms with Gasteiger partial charge >= 0.3 is 0 Å². The van der Waals surface area contributed by atoms with Crippen LogP contribution in [0.15, 0.2) is 48.7 Å². The number of hydrogen-bond donors (Lipinski definition) is 3. The lowest BCUT2D eigenvalue weighted by Gasteiger charge is -2.30. The van der Waals surface area contributed by atoms with Crippen LogP contribution in [0.1, 0.15) is 61.2 Å². The number of nitrogens with zero attached hydrogens (tertiary/aromatic N) is 2. The molecule has 0 aliphatic carbocycles. The number of primary amides is 1. The summed E-state index contributed by atoms with van der Waals surface area (Å²) in [5.74, 6) is 1.79. The average molecular weight is 546 g/mol. The number of carbonyl (C=O) groups is 1. The zero-order valence-corrected chi connectivity index (χ0v) is 23.6. The minimum absolute atomic E-state index is 0.00718. The highest BCUT2D eigenvalue weighted by atomic mass is 32.1. The fraction of sp³-hybridized carbons (Fsp3) is 0.367. The van der Waals surface area contributed by atoms with Crippen LogP contribution >= 0.6 is 11.3 Å². The smallest absolute Gasteiger partial charge is 0.259 e. The first-order valence-electron chi connectivity index (χ1n) is 13.4. The molecule has 39 heavy (non-hydrogen) atoms. The van der Waals surface area contributed by atoms with Crippen molar-refractivity contribution in [1.29, 1.82) is 0 Å². The Bertz CT molecular complexity index is 1480. The number of methoxy groups -OCH3 is 1. The molecule has 1 fully saturated rings. The SMILES string of the molecule is CCC1CC(c2ccc(Nc3ncc4sc(C(N)=O)c(-c5ccccc5OC)c4n3)c(OC(C)C)c2)CCN1. The number of ether oxygens (including phenoxy) is 2. The molecule has 2 unspecified atom stereocenters. The van der Waals surface area contributed by atoms with Crippen molar-refractivity contribution in [3.8, 4) is 22.6 Å². The van der Waals surface area contributed by atoms with E-state index in [0.29, 0.717) is 39.6 Å². The van der Waals surface area contributed by atoms with Gasteiger partial charge in [0.25, 0.3) is 5.91 Å². The second-order valence-electron chi connectivity index (χ2n) is 10.1. The summed E-state index contributed by atoms with van der Waals surface area (Å²) < 4.78 is 12.6. The first-order chi connectivity index (χ1) is 18.9. The zero-order chi connectivity index (χ0) is 27.5. The molecule has 4 N–H and O–H groups in total. The Balaban J connectivity index is 1.53. The van der Waals surface area contributed by atoms with Gasteiger partial charge in [-0.25, -0.2) is 9.97 Å². The molecule has 2 atom stereocenters. The second-order valence-corrected chi connectivity index (χ2v) is 11.2. The van der Waals surface area contributed by atoms with Gasteiger partial charge in [0.1, 0.15) is 16.4 Å². The number of nitrogens with one attached hydrogen (secondary N) is 2. The molecule has 9 heteroatoms. The number of para-hydroxylation sites is 1. The number of rotatable bonds is 9. The molecule has 5 rings (SSSR count). The van der Waals surface area contributed by atoms with E-state index in [9.17, 15) is 4.79 Å². The number of amides is 1. The predicted molar refractivity (Wildman–Crippen MR) is 157 cm³/mol. The molecule has 2 aromatic heterocycles. The standard InChI is InChI=1S/C30H35N5O3S/c1-5-20-14-19(12-13-32-20)18-10-11-22(24(15-18)38-17(2)3)34-30-33-16-25-27(35-30)26(28(39-25)29(31)36)21-8-6-7-9-23(21)37-4/h6-11,15-17,19-20,32H,5,12-14H2,1-4H3,(H2,31,36)(H,33,34,35).